The summed E-state index contributed by atoms with van der Waals surface area (Å²) in [6.45, 7) is 6.32. The molecular weight excluding hydrogens is 340 g/mol. The van der Waals surface area contributed by atoms with Crippen molar-refractivity contribution in [2.75, 3.05) is 32.7 Å². The van der Waals surface area contributed by atoms with Crippen LogP contribution in [0.2, 0.25) is 0 Å². The van der Waals surface area contributed by atoms with Crippen LogP contribution in [-0.4, -0.2) is 54.3 Å². The number of piperidine rings is 1. The Kier molecular flexibility index (Phi) is 7.59. The van der Waals surface area contributed by atoms with Gasteiger partial charge in [-0.2, -0.15) is 0 Å². The average molecular weight is 377 g/mol. The van der Waals surface area contributed by atoms with Gasteiger partial charge < -0.3 is 20.2 Å². The summed E-state index contributed by atoms with van der Waals surface area (Å²) in [5, 5.41) is 17.5. The Bertz CT molecular complexity index is 561. The van der Waals surface area contributed by atoms with Gasteiger partial charge in [0.05, 0.1) is 24.5 Å². The fourth-order valence-electron chi connectivity index (χ4n) is 4.25. The normalized spacial score (nSPS) is 22.4. The van der Waals surface area contributed by atoms with Crippen LogP contribution in [-0.2, 0) is 0 Å². The Morgan fingerprint density at radius 1 is 1.19 bits per heavy atom. The van der Waals surface area contributed by atoms with Gasteiger partial charge in [0.25, 0.3) is 0 Å². The average Bonchev–Trinajstić information content (AvgIpc) is 3.22. The van der Waals surface area contributed by atoms with E-state index >= 15 is 0 Å². The quantitative estimate of drug-likeness (QED) is 0.504. The number of likely N-dealkylation sites (tertiary alicyclic amines) is 1. The van der Waals surface area contributed by atoms with E-state index in [9.17, 15) is 5.11 Å². The molecule has 2 heterocycles. The smallest absolute Gasteiger partial charge is 0.191 e. The lowest BCUT2D eigenvalue weighted by molar-refractivity contribution is 0.0131. The molecule has 0 bridgehead atoms. The third kappa shape index (κ3) is 5.98. The summed E-state index contributed by atoms with van der Waals surface area (Å²) < 4.78 is 5.73. The lowest BCUT2D eigenvalue weighted by atomic mass is 9.85. The molecule has 1 aliphatic heterocycles. The second-order valence-electron chi connectivity index (χ2n) is 7.99. The molecule has 0 aromatic carbocycles. The zero-order valence-electron chi connectivity index (χ0n) is 16.8. The molecule has 1 aromatic rings. The predicted octanol–water partition coefficient (Wildman–Crippen LogP) is 3.06. The van der Waals surface area contributed by atoms with Crippen molar-refractivity contribution in [3.8, 4) is 0 Å². The first-order chi connectivity index (χ1) is 13.2. The molecule has 27 heavy (non-hydrogen) atoms. The van der Waals surface area contributed by atoms with Gasteiger partial charge in [-0.1, -0.05) is 25.7 Å². The Hall–Kier alpha value is -1.53. The molecular formula is C21H36N4O2. The highest BCUT2D eigenvalue weighted by atomic mass is 16.3. The zero-order valence-corrected chi connectivity index (χ0v) is 16.8. The van der Waals surface area contributed by atoms with E-state index in [1.54, 1.807) is 6.26 Å². The summed E-state index contributed by atoms with van der Waals surface area (Å²) >= 11 is 0. The van der Waals surface area contributed by atoms with Crippen LogP contribution in [0.1, 0.15) is 70.1 Å². The Morgan fingerprint density at radius 3 is 2.59 bits per heavy atom. The molecule has 0 spiro atoms. The van der Waals surface area contributed by atoms with Gasteiger partial charge in [-0.15, -0.1) is 0 Å². The second-order valence-corrected chi connectivity index (χ2v) is 7.99. The summed E-state index contributed by atoms with van der Waals surface area (Å²) in [6.07, 6.45) is 10.7. The van der Waals surface area contributed by atoms with E-state index in [0.29, 0.717) is 6.54 Å². The number of nitrogens with zero attached hydrogens (tertiary/aromatic N) is 2. The first-order valence-electron chi connectivity index (χ1n) is 10.7. The highest BCUT2D eigenvalue weighted by Crippen LogP contribution is 2.28. The SMILES string of the molecule is CCNC(=NCC1(O)CCCCC1)NCC(c1ccco1)N1CCCCC1. The molecule has 1 aliphatic carbocycles. The zero-order chi connectivity index (χ0) is 19.0. The van der Waals surface area contributed by atoms with E-state index in [2.05, 4.69) is 28.5 Å². The Morgan fingerprint density at radius 2 is 1.93 bits per heavy atom. The molecule has 1 unspecified atom stereocenters. The first kappa shape index (κ1) is 20.2. The van der Waals surface area contributed by atoms with Crippen LogP contribution in [0, 0.1) is 0 Å². The molecule has 1 atom stereocenters. The number of aliphatic hydroxyl groups is 1. The minimum atomic E-state index is -0.631. The standard InChI is InChI=1S/C21H36N4O2/c1-2-22-20(24-17-21(26)11-5-3-6-12-21)23-16-18(19-10-9-15-27-19)25-13-7-4-8-14-25/h9-10,15,18,26H,2-8,11-14,16-17H2,1H3,(H2,22,23,24). The van der Waals surface area contributed by atoms with Crippen molar-refractivity contribution in [1.29, 1.82) is 0 Å². The van der Waals surface area contributed by atoms with Crippen molar-refractivity contribution in [3.05, 3.63) is 24.2 Å². The minimum absolute atomic E-state index is 0.210. The maximum absolute atomic E-state index is 10.7. The maximum atomic E-state index is 10.7. The van der Waals surface area contributed by atoms with Crippen molar-refractivity contribution < 1.29 is 9.52 Å². The predicted molar refractivity (Wildman–Crippen MR) is 109 cm³/mol. The first-order valence-corrected chi connectivity index (χ1v) is 10.7. The molecule has 6 heteroatoms. The van der Waals surface area contributed by atoms with E-state index in [1.165, 1.54) is 25.7 Å². The molecule has 1 saturated heterocycles. The topological polar surface area (TPSA) is 73.0 Å². The lowest BCUT2D eigenvalue weighted by Crippen LogP contribution is -2.45. The minimum Gasteiger partial charge on any atom is -0.468 e. The molecule has 0 amide bonds. The van der Waals surface area contributed by atoms with Gasteiger partial charge >= 0.3 is 0 Å². The van der Waals surface area contributed by atoms with Crippen molar-refractivity contribution in [3.63, 3.8) is 0 Å². The van der Waals surface area contributed by atoms with Crippen LogP contribution >= 0.6 is 0 Å². The Labute approximate surface area is 163 Å². The van der Waals surface area contributed by atoms with Crippen LogP contribution in [0.15, 0.2) is 27.8 Å². The number of aliphatic imine (C=N–C) groups is 1. The fourth-order valence-corrected chi connectivity index (χ4v) is 4.25. The molecule has 152 valence electrons. The van der Waals surface area contributed by atoms with Crippen molar-refractivity contribution in [2.45, 2.75) is 69.9 Å². The van der Waals surface area contributed by atoms with E-state index in [4.69, 9.17) is 9.41 Å². The van der Waals surface area contributed by atoms with Gasteiger partial charge in [-0.25, -0.2) is 0 Å². The molecule has 0 radical (unpaired) electrons. The van der Waals surface area contributed by atoms with Crippen LogP contribution in [0.3, 0.4) is 0 Å². The number of furan rings is 1. The number of nitrogens with one attached hydrogen (secondary N) is 2. The maximum Gasteiger partial charge on any atom is 0.191 e. The van der Waals surface area contributed by atoms with E-state index < -0.39 is 5.60 Å². The second kappa shape index (κ2) is 10.1. The number of hydrogen-bond acceptors (Lipinski definition) is 4. The largest absolute Gasteiger partial charge is 0.468 e. The number of rotatable bonds is 7. The highest BCUT2D eigenvalue weighted by molar-refractivity contribution is 5.79. The molecule has 3 rings (SSSR count). The summed E-state index contributed by atoms with van der Waals surface area (Å²) in [4.78, 5) is 7.21. The van der Waals surface area contributed by atoms with Crippen molar-refractivity contribution in [1.82, 2.24) is 15.5 Å². The summed E-state index contributed by atoms with van der Waals surface area (Å²) in [7, 11) is 0. The van der Waals surface area contributed by atoms with Gasteiger partial charge in [0, 0.05) is 13.1 Å². The van der Waals surface area contributed by atoms with Crippen LogP contribution in [0.5, 0.6) is 0 Å². The van der Waals surface area contributed by atoms with E-state index in [1.807, 2.05) is 6.07 Å². The third-order valence-electron chi connectivity index (χ3n) is 5.83. The van der Waals surface area contributed by atoms with Gasteiger partial charge in [0.2, 0.25) is 0 Å². The van der Waals surface area contributed by atoms with Gasteiger partial charge in [-0.3, -0.25) is 9.89 Å². The molecule has 6 nitrogen and oxygen atoms in total. The molecule has 2 fully saturated rings. The molecule has 1 aromatic heterocycles. The van der Waals surface area contributed by atoms with Gasteiger partial charge in [0.1, 0.15) is 5.76 Å². The fraction of sp³-hybridized carbons (Fsp3) is 0.762. The molecule has 1 saturated carbocycles. The lowest BCUT2D eigenvalue weighted by Gasteiger charge is -2.34. The summed E-state index contributed by atoms with van der Waals surface area (Å²) in [6, 6.07) is 4.24. The van der Waals surface area contributed by atoms with E-state index in [-0.39, 0.29) is 6.04 Å². The van der Waals surface area contributed by atoms with Gasteiger partial charge in [0.15, 0.2) is 5.96 Å². The van der Waals surface area contributed by atoms with E-state index in [0.717, 1.165) is 63.6 Å². The van der Waals surface area contributed by atoms with Crippen molar-refractivity contribution >= 4 is 5.96 Å². The van der Waals surface area contributed by atoms with Crippen LogP contribution in [0.4, 0.5) is 0 Å². The molecule has 2 aliphatic rings. The summed E-state index contributed by atoms with van der Waals surface area (Å²) in [5.74, 6) is 1.79. The number of hydrogen-bond donors (Lipinski definition) is 3. The van der Waals surface area contributed by atoms with Crippen LogP contribution < -0.4 is 10.6 Å². The molecule has 3 N–H and O–H groups in total. The van der Waals surface area contributed by atoms with Crippen molar-refractivity contribution in [2.24, 2.45) is 4.99 Å². The monoisotopic (exact) mass is 376 g/mol. The Balaban J connectivity index is 1.62. The summed E-state index contributed by atoms with van der Waals surface area (Å²) in [5.41, 5.74) is -0.631. The van der Waals surface area contributed by atoms with Crippen LogP contribution in [0.25, 0.3) is 0 Å². The third-order valence-corrected chi connectivity index (χ3v) is 5.83. The highest BCUT2D eigenvalue weighted by Gasteiger charge is 2.29. The van der Waals surface area contributed by atoms with Gasteiger partial charge in [-0.05, 0) is 57.8 Å². The number of guanidine groups is 1.